The number of aromatic hydroxyl groups is 1. The highest BCUT2D eigenvalue weighted by atomic mass is 16.4. The maximum Gasteiger partial charge on any atom is 0.335 e. The van der Waals surface area contributed by atoms with Crippen molar-refractivity contribution < 1.29 is 35.1 Å². The van der Waals surface area contributed by atoms with Gasteiger partial charge in [-0.05, 0) is 74.4 Å². The number of unbranched alkanes of at least 4 members (excludes halogenated alkanes) is 1. The summed E-state index contributed by atoms with van der Waals surface area (Å²) in [5, 5.41) is 42.6. The topological polar surface area (TPSA) is 139 Å². The molecule has 1 heterocycles. The number of benzene rings is 1. The molecule has 5 N–H and O–H groups in total. The molecular formula is C24H35NO7. The molecule has 3 aliphatic rings. The highest BCUT2D eigenvalue weighted by molar-refractivity contribution is 5.83. The third-order valence-electron chi connectivity index (χ3n) is 7.54. The van der Waals surface area contributed by atoms with Gasteiger partial charge in [-0.25, -0.2) is 9.59 Å². The molecule has 0 aromatic heterocycles. The largest absolute Gasteiger partial charge is 0.508 e. The molecule has 2 bridgehead atoms. The van der Waals surface area contributed by atoms with Crippen molar-refractivity contribution in [1.82, 2.24) is 4.90 Å². The Kier molecular flexibility index (Phi) is 7.79. The van der Waals surface area contributed by atoms with Crippen LogP contribution in [-0.2, 0) is 21.4 Å². The van der Waals surface area contributed by atoms with Gasteiger partial charge >= 0.3 is 11.9 Å². The van der Waals surface area contributed by atoms with E-state index >= 15 is 0 Å². The fraction of sp³-hybridized carbons (Fsp3) is 0.667. The van der Waals surface area contributed by atoms with E-state index in [0.29, 0.717) is 11.2 Å². The molecular weight excluding hydrogens is 414 g/mol. The Labute approximate surface area is 188 Å². The van der Waals surface area contributed by atoms with E-state index in [0.717, 1.165) is 12.0 Å². The van der Waals surface area contributed by atoms with Crippen LogP contribution in [0.5, 0.6) is 5.75 Å². The number of hydrogen-bond donors (Lipinski definition) is 5. The van der Waals surface area contributed by atoms with Gasteiger partial charge in [-0.3, -0.25) is 4.90 Å². The highest BCUT2D eigenvalue weighted by Crippen LogP contribution is 2.56. The number of aliphatic carboxylic acids is 2. The summed E-state index contributed by atoms with van der Waals surface area (Å²) >= 11 is 0. The Morgan fingerprint density at radius 3 is 2.44 bits per heavy atom. The zero-order chi connectivity index (χ0) is 23.5. The lowest BCUT2D eigenvalue weighted by Gasteiger charge is -2.59. The molecule has 8 nitrogen and oxygen atoms in total. The zero-order valence-electron chi connectivity index (χ0n) is 18.6. The number of piperidine rings is 1. The highest BCUT2D eigenvalue weighted by Gasteiger charge is 2.53. The molecule has 1 aromatic rings. The van der Waals surface area contributed by atoms with Gasteiger partial charge in [-0.2, -0.15) is 0 Å². The van der Waals surface area contributed by atoms with Crippen molar-refractivity contribution in [2.45, 2.75) is 82.0 Å². The fourth-order valence-electron chi connectivity index (χ4n) is 5.98. The number of aliphatic hydroxyl groups is 2. The van der Waals surface area contributed by atoms with Gasteiger partial charge in [-0.15, -0.1) is 0 Å². The second-order valence-electron chi connectivity index (χ2n) is 9.33. The summed E-state index contributed by atoms with van der Waals surface area (Å²) in [7, 11) is 0. The Hall–Kier alpha value is -2.16. The van der Waals surface area contributed by atoms with Gasteiger partial charge in [0.1, 0.15) is 5.75 Å². The van der Waals surface area contributed by atoms with Crippen LogP contribution in [0.4, 0.5) is 0 Å². The number of phenols is 1. The first-order chi connectivity index (χ1) is 15.2. The summed E-state index contributed by atoms with van der Waals surface area (Å²) in [6.07, 6.45) is 6.10. The predicted molar refractivity (Wildman–Crippen MR) is 118 cm³/mol. The van der Waals surface area contributed by atoms with E-state index in [1.807, 2.05) is 6.07 Å². The summed E-state index contributed by atoms with van der Waals surface area (Å²) in [4.78, 5) is 22.3. The number of aliphatic hydroxyl groups excluding tert-OH is 2. The first-order valence-electron chi connectivity index (χ1n) is 11.6. The van der Waals surface area contributed by atoms with Crippen molar-refractivity contribution in [3.05, 3.63) is 29.3 Å². The summed E-state index contributed by atoms with van der Waals surface area (Å²) in [6, 6.07) is 6.95. The molecule has 2 aliphatic carbocycles. The number of carboxylic acid groups (broad SMARTS) is 2. The van der Waals surface area contributed by atoms with Crippen molar-refractivity contribution >= 4 is 11.9 Å². The Balaban J connectivity index is 0.000000247. The van der Waals surface area contributed by atoms with Gasteiger partial charge < -0.3 is 25.5 Å². The van der Waals surface area contributed by atoms with Gasteiger partial charge in [0.2, 0.25) is 0 Å². The Bertz CT molecular complexity index is 811. The number of carbonyl (C=O) groups is 2. The molecule has 2 fully saturated rings. The standard InChI is InChI=1S/C20H29NO.C4H6O6/c1-2-3-11-21-12-10-20-9-5-4-6-17(20)19(21)13-15-7-8-16(22)14-18(15)20;5-1(3(7)8)2(6)4(9)10/h7-8,14,17,19,22H,2-6,9-13H2,1H3;1-2,5-6H,(H,7,8)(H,9,10)/t17-,19+,20+;/m0./s1. The minimum atomic E-state index is -2.27. The van der Waals surface area contributed by atoms with Gasteiger partial charge in [0.15, 0.2) is 12.2 Å². The third-order valence-corrected chi connectivity index (χ3v) is 7.54. The van der Waals surface area contributed by atoms with Crippen molar-refractivity contribution in [1.29, 1.82) is 0 Å². The van der Waals surface area contributed by atoms with Crippen LogP contribution in [0.1, 0.15) is 63.0 Å². The lowest BCUT2D eigenvalue weighted by Crippen LogP contribution is -2.60. The average Bonchev–Trinajstić information content (AvgIpc) is 2.78. The monoisotopic (exact) mass is 449 g/mol. The van der Waals surface area contributed by atoms with E-state index in [1.54, 1.807) is 0 Å². The van der Waals surface area contributed by atoms with E-state index in [-0.39, 0.29) is 0 Å². The van der Waals surface area contributed by atoms with Crippen molar-refractivity contribution in [2.24, 2.45) is 5.92 Å². The van der Waals surface area contributed by atoms with Gasteiger partial charge in [-0.1, -0.05) is 32.3 Å². The van der Waals surface area contributed by atoms with Gasteiger partial charge in [0.05, 0.1) is 0 Å². The van der Waals surface area contributed by atoms with E-state index in [4.69, 9.17) is 20.4 Å². The summed E-state index contributed by atoms with van der Waals surface area (Å²) in [5.41, 5.74) is 3.39. The summed E-state index contributed by atoms with van der Waals surface area (Å²) < 4.78 is 0. The molecule has 178 valence electrons. The Morgan fingerprint density at radius 1 is 1.12 bits per heavy atom. The van der Waals surface area contributed by atoms with E-state index < -0.39 is 24.1 Å². The molecule has 0 amide bonds. The molecule has 5 atom stereocenters. The number of carboxylic acids is 2. The molecule has 1 aliphatic heterocycles. The van der Waals surface area contributed by atoms with Gasteiger partial charge in [0, 0.05) is 11.5 Å². The van der Waals surface area contributed by atoms with E-state index in [2.05, 4.69) is 24.0 Å². The lowest BCUT2D eigenvalue weighted by molar-refractivity contribution is -0.165. The van der Waals surface area contributed by atoms with Crippen LogP contribution in [0.2, 0.25) is 0 Å². The molecule has 1 saturated carbocycles. The number of fused-ring (bicyclic) bond motifs is 1. The zero-order valence-corrected chi connectivity index (χ0v) is 18.6. The first kappa shape index (κ1) is 24.5. The second kappa shape index (κ2) is 10.2. The van der Waals surface area contributed by atoms with Crippen LogP contribution >= 0.6 is 0 Å². The number of likely N-dealkylation sites (tertiary alicyclic amines) is 1. The van der Waals surface area contributed by atoms with Crippen molar-refractivity contribution in [2.75, 3.05) is 13.1 Å². The van der Waals surface area contributed by atoms with Crippen LogP contribution in [0.15, 0.2) is 18.2 Å². The first-order valence-corrected chi connectivity index (χ1v) is 11.6. The fourth-order valence-corrected chi connectivity index (χ4v) is 5.98. The normalized spacial score (nSPS) is 28.3. The number of nitrogens with zero attached hydrogens (tertiary/aromatic N) is 1. The quantitative estimate of drug-likeness (QED) is 0.445. The number of phenolic OH excluding ortho intramolecular Hbond substituents is 1. The molecule has 4 rings (SSSR count). The van der Waals surface area contributed by atoms with E-state index in [9.17, 15) is 14.7 Å². The maximum atomic E-state index is 10.0. The molecule has 1 aromatic carbocycles. The second-order valence-corrected chi connectivity index (χ2v) is 9.33. The smallest absolute Gasteiger partial charge is 0.335 e. The molecule has 2 unspecified atom stereocenters. The Morgan fingerprint density at radius 2 is 1.81 bits per heavy atom. The van der Waals surface area contributed by atoms with Gasteiger partial charge in [0.25, 0.3) is 0 Å². The van der Waals surface area contributed by atoms with E-state index in [1.165, 1.54) is 75.6 Å². The average molecular weight is 450 g/mol. The van der Waals surface area contributed by atoms with Crippen molar-refractivity contribution in [3.63, 3.8) is 0 Å². The number of rotatable bonds is 6. The lowest BCUT2D eigenvalue weighted by atomic mass is 9.52. The molecule has 0 spiro atoms. The van der Waals surface area contributed by atoms with Crippen LogP contribution in [0.3, 0.4) is 0 Å². The molecule has 8 heteroatoms. The van der Waals surface area contributed by atoms with Crippen LogP contribution in [-0.4, -0.2) is 73.7 Å². The molecule has 1 saturated heterocycles. The van der Waals surface area contributed by atoms with Crippen LogP contribution < -0.4 is 0 Å². The minimum Gasteiger partial charge on any atom is -0.508 e. The SMILES string of the molecule is CCCCN1CC[C@]23CCCC[C@H]2[C@H]1Cc1ccc(O)cc13.O=C(O)C(O)C(O)C(=O)O. The van der Waals surface area contributed by atoms with Crippen LogP contribution in [0.25, 0.3) is 0 Å². The maximum absolute atomic E-state index is 10.0. The van der Waals surface area contributed by atoms with Crippen LogP contribution in [0, 0.1) is 5.92 Å². The predicted octanol–water partition coefficient (Wildman–Crippen LogP) is 2.13. The minimum absolute atomic E-state index is 0.373. The summed E-state index contributed by atoms with van der Waals surface area (Å²) in [5.74, 6) is -2.25. The third kappa shape index (κ3) is 4.77. The van der Waals surface area contributed by atoms with Crippen molar-refractivity contribution in [3.8, 4) is 5.75 Å². The molecule has 32 heavy (non-hydrogen) atoms. The molecule has 0 radical (unpaired) electrons. The number of hydrogen-bond acceptors (Lipinski definition) is 6. The summed E-state index contributed by atoms with van der Waals surface area (Å²) in [6.45, 7) is 4.84.